The van der Waals surface area contributed by atoms with Crippen molar-refractivity contribution in [3.63, 3.8) is 0 Å². The molecule has 1 rings (SSSR count). The fraction of sp³-hybridized carbons (Fsp3) is 0.500. The summed E-state index contributed by atoms with van der Waals surface area (Å²) in [5.74, 6) is 0.864. The fourth-order valence-electron chi connectivity index (χ4n) is 1.86. The topological polar surface area (TPSA) is 18.5 Å². The van der Waals surface area contributed by atoms with Crippen LogP contribution < -0.4 is 4.74 Å². The van der Waals surface area contributed by atoms with Gasteiger partial charge in [0.2, 0.25) is 0 Å². The molecular formula is C16H23ClO2. The largest absolute Gasteiger partial charge is 0.497 e. The number of hydrogen-bond acceptors (Lipinski definition) is 2. The third kappa shape index (κ3) is 6.13. The predicted octanol–water partition coefficient (Wildman–Crippen LogP) is 4.74. The van der Waals surface area contributed by atoms with Crippen molar-refractivity contribution in [2.45, 2.75) is 31.6 Å². The maximum atomic E-state index is 6.41. The van der Waals surface area contributed by atoms with Crippen molar-refractivity contribution >= 4 is 11.6 Å². The number of benzene rings is 1. The molecule has 0 bridgehead atoms. The van der Waals surface area contributed by atoms with E-state index in [9.17, 15) is 0 Å². The van der Waals surface area contributed by atoms with Gasteiger partial charge in [-0.05, 0) is 43.9 Å². The van der Waals surface area contributed by atoms with Gasteiger partial charge in [0.05, 0.1) is 12.5 Å². The average molecular weight is 283 g/mol. The van der Waals surface area contributed by atoms with Crippen molar-refractivity contribution in [2.75, 3.05) is 20.8 Å². The molecule has 1 atom stereocenters. The molecule has 0 saturated heterocycles. The Morgan fingerprint density at radius 2 is 1.95 bits per heavy atom. The van der Waals surface area contributed by atoms with Crippen LogP contribution in [0.15, 0.2) is 35.9 Å². The molecule has 1 aromatic rings. The standard InChI is InChI=1S/C16H23ClO2/c1-13(5-4-12-18-2)6-11-16(17)14-7-9-15(19-3)10-8-14/h5,7-10,16H,4,6,11-12H2,1-3H3. The lowest BCUT2D eigenvalue weighted by Crippen LogP contribution is -1.93. The predicted molar refractivity (Wildman–Crippen MR) is 81.1 cm³/mol. The van der Waals surface area contributed by atoms with Gasteiger partial charge in [-0.25, -0.2) is 0 Å². The van der Waals surface area contributed by atoms with Crippen LogP contribution in [0.25, 0.3) is 0 Å². The molecule has 0 aliphatic carbocycles. The highest BCUT2D eigenvalue weighted by Gasteiger charge is 2.08. The monoisotopic (exact) mass is 282 g/mol. The van der Waals surface area contributed by atoms with E-state index in [-0.39, 0.29) is 5.38 Å². The van der Waals surface area contributed by atoms with Crippen molar-refractivity contribution in [2.24, 2.45) is 0 Å². The molecule has 0 aliphatic heterocycles. The molecule has 0 heterocycles. The minimum absolute atomic E-state index is 0.0525. The summed E-state index contributed by atoms with van der Waals surface area (Å²) in [6.45, 7) is 2.92. The zero-order valence-electron chi connectivity index (χ0n) is 12.0. The first-order chi connectivity index (χ1) is 9.17. The lowest BCUT2D eigenvalue weighted by molar-refractivity contribution is 0.204. The molecule has 0 aliphatic rings. The van der Waals surface area contributed by atoms with Gasteiger partial charge >= 0.3 is 0 Å². The minimum Gasteiger partial charge on any atom is -0.497 e. The number of methoxy groups -OCH3 is 2. The van der Waals surface area contributed by atoms with E-state index in [2.05, 4.69) is 13.0 Å². The number of rotatable bonds is 8. The molecule has 0 spiro atoms. The number of alkyl halides is 1. The number of ether oxygens (including phenoxy) is 2. The van der Waals surface area contributed by atoms with Gasteiger partial charge in [-0.2, -0.15) is 0 Å². The van der Waals surface area contributed by atoms with E-state index < -0.39 is 0 Å². The third-order valence-corrected chi connectivity index (χ3v) is 3.55. The van der Waals surface area contributed by atoms with Gasteiger partial charge < -0.3 is 9.47 Å². The van der Waals surface area contributed by atoms with Gasteiger partial charge in [0.25, 0.3) is 0 Å². The molecular weight excluding hydrogens is 260 g/mol. The van der Waals surface area contributed by atoms with Crippen LogP contribution in [0.4, 0.5) is 0 Å². The molecule has 1 aromatic carbocycles. The second kappa shape index (κ2) is 9.00. The van der Waals surface area contributed by atoms with Gasteiger partial charge in [0.15, 0.2) is 0 Å². The van der Waals surface area contributed by atoms with E-state index >= 15 is 0 Å². The van der Waals surface area contributed by atoms with E-state index in [1.54, 1.807) is 14.2 Å². The van der Waals surface area contributed by atoms with Gasteiger partial charge in [0.1, 0.15) is 5.75 Å². The lowest BCUT2D eigenvalue weighted by atomic mass is 10.0. The summed E-state index contributed by atoms with van der Waals surface area (Å²) in [4.78, 5) is 0. The van der Waals surface area contributed by atoms with E-state index in [0.29, 0.717) is 0 Å². The summed E-state index contributed by atoms with van der Waals surface area (Å²) in [5, 5.41) is 0.0525. The molecule has 0 fully saturated rings. The normalized spacial score (nSPS) is 13.4. The van der Waals surface area contributed by atoms with E-state index in [1.165, 1.54) is 5.57 Å². The quantitative estimate of drug-likeness (QED) is 0.390. The van der Waals surface area contributed by atoms with E-state index in [1.807, 2.05) is 24.3 Å². The molecule has 106 valence electrons. The highest BCUT2D eigenvalue weighted by Crippen LogP contribution is 2.28. The van der Waals surface area contributed by atoms with Gasteiger partial charge in [-0.15, -0.1) is 11.6 Å². The molecule has 0 amide bonds. The van der Waals surface area contributed by atoms with Crippen molar-refractivity contribution in [3.8, 4) is 5.75 Å². The van der Waals surface area contributed by atoms with E-state index in [0.717, 1.165) is 37.2 Å². The van der Waals surface area contributed by atoms with Crippen molar-refractivity contribution in [3.05, 3.63) is 41.5 Å². The Kier molecular flexibility index (Phi) is 7.61. The van der Waals surface area contributed by atoms with Crippen LogP contribution >= 0.6 is 11.6 Å². The molecule has 1 unspecified atom stereocenters. The summed E-state index contributed by atoms with van der Waals surface area (Å²) in [5.41, 5.74) is 2.52. The summed E-state index contributed by atoms with van der Waals surface area (Å²) in [7, 11) is 3.39. The summed E-state index contributed by atoms with van der Waals surface area (Å²) < 4.78 is 10.2. The Hall–Kier alpha value is -0.990. The second-order valence-corrected chi connectivity index (χ2v) is 5.14. The van der Waals surface area contributed by atoms with Crippen LogP contribution in [-0.2, 0) is 4.74 Å². The average Bonchev–Trinajstić information content (AvgIpc) is 2.45. The highest BCUT2D eigenvalue weighted by atomic mass is 35.5. The number of halogens is 1. The highest BCUT2D eigenvalue weighted by molar-refractivity contribution is 6.20. The van der Waals surface area contributed by atoms with Gasteiger partial charge in [-0.1, -0.05) is 23.8 Å². The first-order valence-electron chi connectivity index (χ1n) is 6.60. The Balaban J connectivity index is 2.41. The maximum Gasteiger partial charge on any atom is 0.118 e. The molecule has 0 aromatic heterocycles. The zero-order chi connectivity index (χ0) is 14.1. The van der Waals surface area contributed by atoms with E-state index in [4.69, 9.17) is 21.1 Å². The van der Waals surface area contributed by atoms with Crippen molar-refractivity contribution in [1.29, 1.82) is 0 Å². The van der Waals surface area contributed by atoms with Crippen LogP contribution in [0.1, 0.15) is 37.1 Å². The lowest BCUT2D eigenvalue weighted by Gasteiger charge is -2.11. The second-order valence-electron chi connectivity index (χ2n) is 4.61. The Morgan fingerprint density at radius 1 is 1.26 bits per heavy atom. The Morgan fingerprint density at radius 3 is 2.53 bits per heavy atom. The summed E-state index contributed by atoms with van der Waals surface area (Å²) >= 11 is 6.41. The molecule has 0 radical (unpaired) electrons. The molecule has 3 heteroatoms. The van der Waals surface area contributed by atoms with Crippen LogP contribution in [0, 0.1) is 0 Å². The molecule has 0 saturated carbocycles. The van der Waals surface area contributed by atoms with Crippen LogP contribution in [0.2, 0.25) is 0 Å². The fourth-order valence-corrected chi connectivity index (χ4v) is 2.11. The minimum atomic E-state index is 0.0525. The van der Waals surface area contributed by atoms with Crippen molar-refractivity contribution < 1.29 is 9.47 Å². The summed E-state index contributed by atoms with van der Waals surface area (Å²) in [6.07, 6.45) is 5.16. The Bertz CT molecular complexity index is 384. The van der Waals surface area contributed by atoms with Crippen molar-refractivity contribution in [1.82, 2.24) is 0 Å². The first kappa shape index (κ1) is 16.1. The summed E-state index contributed by atoms with van der Waals surface area (Å²) in [6, 6.07) is 7.96. The first-order valence-corrected chi connectivity index (χ1v) is 7.03. The van der Waals surface area contributed by atoms with Gasteiger partial charge in [0, 0.05) is 13.7 Å². The van der Waals surface area contributed by atoms with Crippen LogP contribution in [0.3, 0.4) is 0 Å². The smallest absolute Gasteiger partial charge is 0.118 e. The van der Waals surface area contributed by atoms with Crippen LogP contribution in [0.5, 0.6) is 5.75 Å². The molecule has 2 nitrogen and oxygen atoms in total. The zero-order valence-corrected chi connectivity index (χ0v) is 12.7. The number of allylic oxidation sites excluding steroid dienone is 1. The van der Waals surface area contributed by atoms with Crippen LogP contribution in [-0.4, -0.2) is 20.8 Å². The Labute approximate surface area is 121 Å². The maximum absolute atomic E-state index is 6.41. The van der Waals surface area contributed by atoms with Gasteiger partial charge in [-0.3, -0.25) is 0 Å². The number of hydrogen-bond donors (Lipinski definition) is 0. The third-order valence-electron chi connectivity index (χ3n) is 3.08. The molecule has 0 N–H and O–H groups in total. The SMILES string of the molecule is COCCC=C(C)CCC(Cl)c1ccc(OC)cc1. The molecule has 19 heavy (non-hydrogen) atoms.